The van der Waals surface area contributed by atoms with Gasteiger partial charge in [0.25, 0.3) is 5.56 Å². The zero-order valence-electron chi connectivity index (χ0n) is 14.3. The quantitative estimate of drug-likeness (QED) is 0.692. The molecule has 10 heteroatoms. The molecule has 24 heavy (non-hydrogen) atoms. The lowest BCUT2D eigenvalue weighted by Gasteiger charge is -2.24. The molecule has 0 saturated heterocycles. The third-order valence-corrected chi connectivity index (χ3v) is 4.62. The van der Waals surface area contributed by atoms with Crippen LogP contribution in [0.5, 0.6) is 0 Å². The predicted molar refractivity (Wildman–Crippen MR) is 90.6 cm³/mol. The second kappa shape index (κ2) is 6.89. The summed E-state index contributed by atoms with van der Waals surface area (Å²) in [6, 6.07) is -0.843. The van der Waals surface area contributed by atoms with Crippen LogP contribution in [0.3, 0.4) is 0 Å². The van der Waals surface area contributed by atoms with Crippen molar-refractivity contribution in [2.75, 3.05) is 38.3 Å². The number of aromatic nitrogens is 2. The van der Waals surface area contributed by atoms with Crippen LogP contribution in [0.25, 0.3) is 0 Å². The van der Waals surface area contributed by atoms with E-state index in [2.05, 4.69) is 14.7 Å². The Kier molecular flexibility index (Phi) is 5.29. The summed E-state index contributed by atoms with van der Waals surface area (Å²) in [4.78, 5) is 35.1. The highest BCUT2D eigenvalue weighted by Gasteiger charge is 2.26. The van der Waals surface area contributed by atoms with Crippen LogP contribution in [-0.2, 0) is 27.7 Å². The smallest absolute Gasteiger partial charge is 0.255 e. The number of hydrogen-bond acceptors (Lipinski definition) is 6. The predicted octanol–water partition coefficient (Wildman–Crippen LogP) is -1.30. The van der Waals surface area contributed by atoms with Gasteiger partial charge in [0.05, 0.1) is 18.0 Å². The zero-order valence-corrected chi connectivity index (χ0v) is 15.1. The summed E-state index contributed by atoms with van der Waals surface area (Å²) < 4.78 is 24.8. The number of fused-ring (bicyclic) bond motifs is 1. The maximum absolute atomic E-state index is 12.4. The first-order chi connectivity index (χ1) is 11.1. The summed E-state index contributed by atoms with van der Waals surface area (Å²) in [5, 5.41) is 0. The van der Waals surface area contributed by atoms with Crippen molar-refractivity contribution in [3.63, 3.8) is 0 Å². The van der Waals surface area contributed by atoms with Crippen LogP contribution in [0.4, 0.5) is 5.95 Å². The molecule has 0 aromatic carbocycles. The molecule has 1 aromatic rings. The number of amides is 1. The third kappa shape index (κ3) is 4.32. The maximum atomic E-state index is 12.4. The summed E-state index contributed by atoms with van der Waals surface area (Å²) in [6.07, 6.45) is 1.86. The first-order valence-corrected chi connectivity index (χ1v) is 9.53. The van der Waals surface area contributed by atoms with E-state index in [1.165, 1.54) is 6.92 Å². The fourth-order valence-corrected chi connectivity index (χ4v) is 3.42. The Morgan fingerprint density at radius 2 is 1.96 bits per heavy atom. The van der Waals surface area contributed by atoms with Crippen LogP contribution in [0.15, 0.2) is 4.79 Å². The molecule has 0 aliphatic carbocycles. The Bertz CT molecular complexity index is 787. The van der Waals surface area contributed by atoms with Crippen molar-refractivity contribution < 1.29 is 13.2 Å². The number of rotatable bonds is 4. The Morgan fingerprint density at radius 3 is 2.54 bits per heavy atom. The molecule has 2 heterocycles. The van der Waals surface area contributed by atoms with Crippen molar-refractivity contribution in [2.24, 2.45) is 0 Å². The lowest BCUT2D eigenvalue weighted by molar-refractivity contribution is -0.132. The largest absolute Gasteiger partial charge is 0.348 e. The highest BCUT2D eigenvalue weighted by atomic mass is 32.2. The third-order valence-electron chi connectivity index (χ3n) is 3.84. The number of carbonyl (C=O) groups excluding carboxylic acids is 1. The molecule has 0 bridgehead atoms. The van der Waals surface area contributed by atoms with Gasteiger partial charge < -0.3 is 9.80 Å². The minimum atomic E-state index is -3.46. The second-order valence-electron chi connectivity index (χ2n) is 6.15. The molecule has 134 valence electrons. The van der Waals surface area contributed by atoms with Crippen LogP contribution < -0.4 is 15.2 Å². The van der Waals surface area contributed by atoms with E-state index in [0.717, 1.165) is 6.26 Å². The SMILES string of the molecule is CC(NS(C)(=O)=O)C(=O)N1CCc2nc(N(C)C)[nH]c(=O)c2CC1. The summed E-state index contributed by atoms with van der Waals surface area (Å²) in [5.41, 5.74) is 1.07. The number of carbonyl (C=O) groups is 1. The number of sulfonamides is 1. The fourth-order valence-electron chi connectivity index (χ4n) is 2.67. The van der Waals surface area contributed by atoms with Crippen molar-refractivity contribution >= 4 is 21.9 Å². The van der Waals surface area contributed by atoms with E-state index in [0.29, 0.717) is 43.1 Å². The molecule has 1 aliphatic heterocycles. The lowest BCUT2D eigenvalue weighted by atomic mass is 10.1. The van der Waals surface area contributed by atoms with Crippen LogP contribution >= 0.6 is 0 Å². The van der Waals surface area contributed by atoms with Gasteiger partial charge >= 0.3 is 0 Å². The average Bonchev–Trinajstić information content (AvgIpc) is 2.67. The molecule has 0 saturated carbocycles. The van der Waals surface area contributed by atoms with Gasteiger partial charge in [0.1, 0.15) is 0 Å². The number of hydrogen-bond donors (Lipinski definition) is 2. The minimum absolute atomic E-state index is 0.194. The van der Waals surface area contributed by atoms with Crippen LogP contribution in [-0.4, -0.2) is 68.7 Å². The number of nitrogens with one attached hydrogen (secondary N) is 2. The number of anilines is 1. The fraction of sp³-hybridized carbons (Fsp3) is 0.643. The van der Waals surface area contributed by atoms with Gasteiger partial charge in [-0.2, -0.15) is 0 Å². The molecule has 2 N–H and O–H groups in total. The Hall–Kier alpha value is -1.94. The van der Waals surface area contributed by atoms with Gasteiger partial charge in [0, 0.05) is 39.2 Å². The molecule has 1 atom stereocenters. The number of nitrogens with zero attached hydrogens (tertiary/aromatic N) is 3. The van der Waals surface area contributed by atoms with Crippen LogP contribution in [0.2, 0.25) is 0 Å². The minimum Gasteiger partial charge on any atom is -0.348 e. The van der Waals surface area contributed by atoms with Crippen molar-refractivity contribution in [3.05, 3.63) is 21.6 Å². The molecular weight excluding hydrogens is 334 g/mol. The molecule has 0 spiro atoms. The van der Waals surface area contributed by atoms with E-state index in [-0.39, 0.29) is 11.5 Å². The molecule has 0 radical (unpaired) electrons. The van der Waals surface area contributed by atoms with E-state index in [1.807, 2.05) is 0 Å². The molecule has 1 amide bonds. The van der Waals surface area contributed by atoms with E-state index >= 15 is 0 Å². The van der Waals surface area contributed by atoms with Gasteiger partial charge in [-0.05, 0) is 13.3 Å². The Morgan fingerprint density at radius 1 is 1.33 bits per heavy atom. The van der Waals surface area contributed by atoms with E-state index in [1.54, 1.807) is 23.9 Å². The van der Waals surface area contributed by atoms with Gasteiger partial charge in [-0.15, -0.1) is 0 Å². The molecule has 0 fully saturated rings. The summed E-state index contributed by atoms with van der Waals surface area (Å²) in [7, 11) is 0.113. The summed E-state index contributed by atoms with van der Waals surface area (Å²) >= 11 is 0. The molecular formula is C14H23N5O4S. The summed E-state index contributed by atoms with van der Waals surface area (Å²) in [6.45, 7) is 2.26. The van der Waals surface area contributed by atoms with Gasteiger partial charge in [-0.3, -0.25) is 14.6 Å². The van der Waals surface area contributed by atoms with Crippen LogP contribution in [0.1, 0.15) is 18.2 Å². The standard InChI is InChI=1S/C14H23N5O4S/c1-9(17-24(4,22)23)13(21)19-7-5-10-11(6-8-19)15-14(18(2)3)16-12(10)20/h9,17H,5-8H2,1-4H3,(H,15,16,20). The highest BCUT2D eigenvalue weighted by molar-refractivity contribution is 7.88. The molecule has 9 nitrogen and oxygen atoms in total. The van der Waals surface area contributed by atoms with Gasteiger partial charge in [0.2, 0.25) is 21.9 Å². The monoisotopic (exact) mass is 357 g/mol. The molecule has 1 aromatic heterocycles. The van der Waals surface area contributed by atoms with Crippen LogP contribution in [0, 0.1) is 0 Å². The van der Waals surface area contributed by atoms with Crippen molar-refractivity contribution in [2.45, 2.75) is 25.8 Å². The van der Waals surface area contributed by atoms with E-state index in [9.17, 15) is 18.0 Å². The van der Waals surface area contributed by atoms with E-state index in [4.69, 9.17) is 0 Å². The average molecular weight is 357 g/mol. The topological polar surface area (TPSA) is 115 Å². The van der Waals surface area contributed by atoms with Crippen molar-refractivity contribution in [1.82, 2.24) is 19.6 Å². The Balaban J connectivity index is 2.17. The zero-order chi connectivity index (χ0) is 18.1. The highest BCUT2D eigenvalue weighted by Crippen LogP contribution is 2.13. The second-order valence-corrected chi connectivity index (χ2v) is 7.93. The normalized spacial score (nSPS) is 16.2. The van der Waals surface area contributed by atoms with Crippen molar-refractivity contribution in [3.8, 4) is 0 Å². The van der Waals surface area contributed by atoms with Gasteiger partial charge in [-0.25, -0.2) is 18.1 Å². The first kappa shape index (κ1) is 18.4. The van der Waals surface area contributed by atoms with Crippen molar-refractivity contribution in [1.29, 1.82) is 0 Å². The maximum Gasteiger partial charge on any atom is 0.255 e. The molecule has 1 aliphatic rings. The first-order valence-electron chi connectivity index (χ1n) is 7.64. The lowest BCUT2D eigenvalue weighted by Crippen LogP contribution is -2.47. The summed E-state index contributed by atoms with van der Waals surface area (Å²) in [5.74, 6) is 0.170. The Labute approximate surface area is 141 Å². The molecule has 2 rings (SSSR count). The van der Waals surface area contributed by atoms with Gasteiger partial charge in [-0.1, -0.05) is 0 Å². The van der Waals surface area contributed by atoms with E-state index < -0.39 is 16.1 Å². The van der Waals surface area contributed by atoms with Gasteiger partial charge in [0.15, 0.2) is 0 Å². The molecule has 1 unspecified atom stereocenters. The number of H-pyrrole nitrogens is 1. The number of aromatic amines is 1.